The summed E-state index contributed by atoms with van der Waals surface area (Å²) < 4.78 is 12.7. The molecular formula is C24H16Cl3N5O3. The molecule has 0 unspecified atom stereocenters. The van der Waals surface area contributed by atoms with Gasteiger partial charge in [0.1, 0.15) is 22.9 Å². The zero-order valence-electron chi connectivity index (χ0n) is 18.2. The van der Waals surface area contributed by atoms with Crippen LogP contribution in [0.15, 0.2) is 59.5 Å². The Balaban J connectivity index is 1.62. The number of aromatic nitrogens is 5. The summed E-state index contributed by atoms with van der Waals surface area (Å²) in [6.45, 7) is 2.66. The van der Waals surface area contributed by atoms with Crippen LogP contribution in [0.3, 0.4) is 0 Å². The highest BCUT2D eigenvalue weighted by Gasteiger charge is 2.27. The molecule has 0 aliphatic carbocycles. The topological polar surface area (TPSA) is 95.9 Å². The van der Waals surface area contributed by atoms with Gasteiger partial charge < -0.3 is 13.8 Å². The third kappa shape index (κ3) is 4.48. The van der Waals surface area contributed by atoms with Crippen molar-refractivity contribution in [3.8, 4) is 17.3 Å². The van der Waals surface area contributed by atoms with Gasteiger partial charge in [-0.25, -0.2) is 9.97 Å². The molecule has 176 valence electrons. The molecule has 2 aromatic carbocycles. The van der Waals surface area contributed by atoms with Gasteiger partial charge in [-0.3, -0.25) is 4.79 Å². The number of benzene rings is 2. The van der Waals surface area contributed by atoms with Gasteiger partial charge >= 0.3 is 0 Å². The Labute approximate surface area is 214 Å². The second-order valence-corrected chi connectivity index (χ2v) is 8.65. The molecule has 11 heteroatoms. The van der Waals surface area contributed by atoms with Crippen molar-refractivity contribution in [2.75, 3.05) is 6.61 Å². The number of nitrogens with zero attached hydrogens (tertiary/aromatic N) is 5. The van der Waals surface area contributed by atoms with Crippen LogP contribution in [-0.4, -0.2) is 37.1 Å². The summed E-state index contributed by atoms with van der Waals surface area (Å²) in [6, 6.07) is 12.2. The summed E-state index contributed by atoms with van der Waals surface area (Å²) in [5.41, 5.74) is 2.13. The molecule has 0 fully saturated rings. The van der Waals surface area contributed by atoms with E-state index < -0.39 is 5.78 Å². The molecule has 35 heavy (non-hydrogen) atoms. The van der Waals surface area contributed by atoms with Crippen molar-refractivity contribution in [3.05, 3.63) is 87.1 Å². The monoisotopic (exact) mass is 527 g/mol. The zero-order chi connectivity index (χ0) is 24.5. The second kappa shape index (κ2) is 9.65. The summed E-state index contributed by atoms with van der Waals surface area (Å²) in [5.74, 6) is 0.0466. The van der Waals surface area contributed by atoms with E-state index in [4.69, 9.17) is 44.1 Å². The second-order valence-electron chi connectivity index (χ2n) is 7.45. The normalized spacial score (nSPS) is 11.2. The molecule has 0 atom stereocenters. The van der Waals surface area contributed by atoms with E-state index >= 15 is 0 Å². The quantitative estimate of drug-likeness (QED) is 0.235. The Morgan fingerprint density at radius 3 is 2.71 bits per heavy atom. The maximum atomic E-state index is 13.6. The maximum absolute atomic E-state index is 13.6. The lowest BCUT2D eigenvalue weighted by Gasteiger charge is -2.10. The average molecular weight is 529 g/mol. The van der Waals surface area contributed by atoms with Crippen LogP contribution in [0, 0.1) is 0 Å². The predicted molar refractivity (Wildman–Crippen MR) is 132 cm³/mol. The Morgan fingerprint density at radius 1 is 1.11 bits per heavy atom. The fourth-order valence-electron chi connectivity index (χ4n) is 3.70. The van der Waals surface area contributed by atoms with Crippen molar-refractivity contribution in [1.82, 2.24) is 24.7 Å². The maximum Gasteiger partial charge on any atom is 0.277 e. The first-order chi connectivity index (χ1) is 17.0. The molecule has 3 aromatic heterocycles. The van der Waals surface area contributed by atoms with E-state index in [0.29, 0.717) is 45.5 Å². The number of fused-ring (bicyclic) bond motifs is 1. The van der Waals surface area contributed by atoms with Crippen LogP contribution in [-0.2, 0) is 6.54 Å². The average Bonchev–Trinajstić information content (AvgIpc) is 3.45. The van der Waals surface area contributed by atoms with Crippen molar-refractivity contribution in [2.45, 2.75) is 13.5 Å². The van der Waals surface area contributed by atoms with Crippen LogP contribution < -0.4 is 4.74 Å². The summed E-state index contributed by atoms with van der Waals surface area (Å²) in [6.07, 6.45) is 2.89. The van der Waals surface area contributed by atoms with Crippen LogP contribution in [0.1, 0.15) is 28.7 Å². The number of rotatable bonds is 7. The first-order valence-electron chi connectivity index (χ1n) is 10.5. The number of ketones is 1. The molecule has 0 aliphatic heterocycles. The molecule has 0 spiro atoms. The van der Waals surface area contributed by atoms with Gasteiger partial charge in [-0.2, -0.15) is 4.98 Å². The zero-order valence-corrected chi connectivity index (χ0v) is 20.5. The van der Waals surface area contributed by atoms with E-state index in [-0.39, 0.29) is 22.4 Å². The van der Waals surface area contributed by atoms with Gasteiger partial charge in [-0.15, -0.1) is 0 Å². The molecule has 0 aliphatic rings. The van der Waals surface area contributed by atoms with Crippen LogP contribution in [0.5, 0.6) is 5.75 Å². The minimum atomic E-state index is -0.501. The molecule has 0 amide bonds. The summed E-state index contributed by atoms with van der Waals surface area (Å²) in [5, 5.41) is 5.67. The Hall–Kier alpha value is -3.46. The molecular weight excluding hydrogens is 513 g/mol. The van der Waals surface area contributed by atoms with Crippen molar-refractivity contribution in [1.29, 1.82) is 0 Å². The SMILES string of the molecule is CCOc1ccc2c(c1)c(C(=O)c1noc(-c3ccncn3)n1)c(Cl)n2Cc1ccc(Cl)cc1Cl. The lowest BCUT2D eigenvalue weighted by Crippen LogP contribution is -2.06. The smallest absolute Gasteiger partial charge is 0.277 e. The van der Waals surface area contributed by atoms with Crippen LogP contribution in [0.2, 0.25) is 15.2 Å². The van der Waals surface area contributed by atoms with Crippen LogP contribution in [0.25, 0.3) is 22.5 Å². The Morgan fingerprint density at radius 2 is 1.97 bits per heavy atom. The summed E-state index contributed by atoms with van der Waals surface area (Å²) >= 11 is 19.3. The highest BCUT2D eigenvalue weighted by Crippen LogP contribution is 2.36. The molecule has 5 aromatic rings. The minimum absolute atomic E-state index is 0.0959. The number of carbonyl (C=O) groups is 1. The first-order valence-corrected chi connectivity index (χ1v) is 11.6. The fourth-order valence-corrected chi connectivity index (χ4v) is 4.51. The number of halogens is 3. The molecule has 0 saturated heterocycles. The van der Waals surface area contributed by atoms with Crippen molar-refractivity contribution < 1.29 is 14.1 Å². The van der Waals surface area contributed by atoms with E-state index in [1.54, 1.807) is 28.8 Å². The lowest BCUT2D eigenvalue weighted by molar-refractivity contribution is 0.102. The van der Waals surface area contributed by atoms with Gasteiger partial charge in [0.05, 0.1) is 24.2 Å². The molecule has 0 saturated carbocycles. The van der Waals surface area contributed by atoms with E-state index in [2.05, 4.69) is 20.1 Å². The standard InChI is InChI=1S/C24H16Cl3N5O3/c1-2-34-15-5-6-19-16(10-15)20(22(27)32(19)11-13-3-4-14(25)9-17(13)26)21(33)23-30-24(35-31-23)18-7-8-28-12-29-18/h3-10,12H,2,11H2,1H3. The van der Waals surface area contributed by atoms with Crippen LogP contribution in [0.4, 0.5) is 0 Å². The third-order valence-electron chi connectivity index (χ3n) is 5.28. The summed E-state index contributed by atoms with van der Waals surface area (Å²) in [7, 11) is 0. The van der Waals surface area contributed by atoms with Gasteiger partial charge in [-0.05, 0) is 48.9 Å². The highest BCUT2D eigenvalue weighted by molar-refractivity contribution is 6.37. The number of carbonyl (C=O) groups excluding carboxylic acids is 1. The van der Waals surface area contributed by atoms with E-state index in [1.807, 2.05) is 25.1 Å². The molecule has 0 radical (unpaired) electrons. The van der Waals surface area contributed by atoms with Gasteiger partial charge in [0.15, 0.2) is 0 Å². The number of ether oxygens (including phenoxy) is 1. The van der Waals surface area contributed by atoms with Crippen molar-refractivity contribution in [3.63, 3.8) is 0 Å². The Kier molecular flexibility index (Phi) is 6.42. The molecule has 0 N–H and O–H groups in total. The lowest BCUT2D eigenvalue weighted by atomic mass is 10.1. The molecule has 3 heterocycles. The number of hydrogen-bond acceptors (Lipinski definition) is 7. The van der Waals surface area contributed by atoms with Crippen LogP contribution >= 0.6 is 34.8 Å². The third-order valence-corrected chi connectivity index (χ3v) is 6.26. The molecule has 0 bridgehead atoms. The molecule has 8 nitrogen and oxygen atoms in total. The van der Waals surface area contributed by atoms with Gasteiger partial charge in [-0.1, -0.05) is 46.0 Å². The largest absolute Gasteiger partial charge is 0.494 e. The summed E-state index contributed by atoms with van der Waals surface area (Å²) in [4.78, 5) is 25.7. The van der Waals surface area contributed by atoms with E-state index in [0.717, 1.165) is 5.56 Å². The predicted octanol–water partition coefficient (Wildman–Crippen LogP) is 6.12. The highest BCUT2D eigenvalue weighted by atomic mass is 35.5. The van der Waals surface area contributed by atoms with Crippen molar-refractivity contribution in [2.24, 2.45) is 0 Å². The fraction of sp³-hybridized carbons (Fsp3) is 0.125. The van der Waals surface area contributed by atoms with E-state index in [9.17, 15) is 4.79 Å². The first kappa shape index (κ1) is 23.3. The van der Waals surface area contributed by atoms with E-state index in [1.165, 1.54) is 12.5 Å². The number of hydrogen-bond donors (Lipinski definition) is 0. The van der Waals surface area contributed by atoms with Gasteiger partial charge in [0, 0.05) is 21.6 Å². The van der Waals surface area contributed by atoms with Gasteiger partial charge in [0.25, 0.3) is 5.89 Å². The Bertz CT molecular complexity index is 1550. The minimum Gasteiger partial charge on any atom is -0.494 e. The molecule has 5 rings (SSSR count). The van der Waals surface area contributed by atoms with Gasteiger partial charge in [0.2, 0.25) is 11.6 Å². The van der Waals surface area contributed by atoms with Crippen molar-refractivity contribution >= 4 is 51.5 Å².